The zero-order valence-electron chi connectivity index (χ0n) is 12.0. The van der Waals surface area contributed by atoms with E-state index < -0.39 is 0 Å². The van der Waals surface area contributed by atoms with Crippen LogP contribution in [0.25, 0.3) is 0 Å². The molecule has 0 unspecified atom stereocenters. The summed E-state index contributed by atoms with van der Waals surface area (Å²) >= 11 is 1.62. The fourth-order valence-corrected chi connectivity index (χ4v) is 2.46. The minimum absolute atomic E-state index is 0.0985. The van der Waals surface area contributed by atoms with Gasteiger partial charge in [0.2, 0.25) is 0 Å². The molecular weight excluding hydrogens is 284 g/mol. The van der Waals surface area contributed by atoms with Crippen LogP contribution in [0.15, 0.2) is 35.7 Å². The average Bonchev–Trinajstić information content (AvgIpc) is 2.95. The second-order valence-corrected chi connectivity index (χ2v) is 5.24. The van der Waals surface area contributed by atoms with Crippen LogP contribution < -0.4 is 9.47 Å². The van der Waals surface area contributed by atoms with Gasteiger partial charge in [-0.2, -0.15) is 0 Å². The lowest BCUT2D eigenvalue weighted by molar-refractivity contribution is 0.271. The molecule has 2 rings (SSSR count). The molecule has 0 saturated heterocycles. The van der Waals surface area contributed by atoms with Crippen molar-refractivity contribution in [1.82, 2.24) is 0 Å². The van der Waals surface area contributed by atoms with Gasteiger partial charge in [0.25, 0.3) is 0 Å². The molecule has 1 heterocycles. The number of rotatable bonds is 6. The van der Waals surface area contributed by atoms with Gasteiger partial charge in [-0.3, -0.25) is 0 Å². The van der Waals surface area contributed by atoms with Crippen molar-refractivity contribution < 1.29 is 14.6 Å². The molecule has 2 aromatic rings. The van der Waals surface area contributed by atoms with Crippen LogP contribution in [-0.4, -0.2) is 18.3 Å². The first-order valence-electron chi connectivity index (χ1n) is 6.85. The Morgan fingerprint density at radius 2 is 1.95 bits per heavy atom. The molecule has 0 aliphatic heterocycles. The Labute approximate surface area is 129 Å². The van der Waals surface area contributed by atoms with E-state index in [2.05, 4.69) is 11.8 Å². The zero-order valence-corrected chi connectivity index (χ0v) is 12.8. The topological polar surface area (TPSA) is 38.7 Å². The highest BCUT2D eigenvalue weighted by molar-refractivity contribution is 7.10. The summed E-state index contributed by atoms with van der Waals surface area (Å²) in [6.45, 7) is 3.16. The molecule has 4 heteroatoms. The second-order valence-electron chi connectivity index (χ2n) is 4.25. The molecule has 0 saturated carbocycles. The van der Waals surface area contributed by atoms with Crippen LogP contribution in [-0.2, 0) is 6.61 Å². The molecule has 1 aromatic carbocycles. The number of aliphatic hydroxyl groups excluding tert-OH is 1. The third kappa shape index (κ3) is 4.82. The maximum Gasteiger partial charge on any atom is 0.161 e. The largest absolute Gasteiger partial charge is 0.490 e. The normalized spacial score (nSPS) is 9.81. The number of ether oxygens (including phenoxy) is 2. The molecule has 0 radical (unpaired) electrons. The zero-order chi connectivity index (χ0) is 14.9. The van der Waals surface area contributed by atoms with Gasteiger partial charge in [-0.1, -0.05) is 24.0 Å². The van der Waals surface area contributed by atoms with Crippen molar-refractivity contribution in [2.45, 2.75) is 20.0 Å². The number of para-hydroxylation sites is 2. The van der Waals surface area contributed by atoms with Crippen molar-refractivity contribution in [2.75, 3.05) is 13.2 Å². The number of benzene rings is 1. The SMILES string of the molecule is CCOc1ccccc1OCc1cc(C#CCCO)cs1. The van der Waals surface area contributed by atoms with E-state index in [4.69, 9.17) is 14.6 Å². The average molecular weight is 302 g/mol. The van der Waals surface area contributed by atoms with Crippen LogP contribution in [0.5, 0.6) is 11.5 Å². The van der Waals surface area contributed by atoms with Gasteiger partial charge in [-0.25, -0.2) is 0 Å². The summed E-state index contributed by atoms with van der Waals surface area (Å²) in [4.78, 5) is 1.11. The van der Waals surface area contributed by atoms with Gasteiger partial charge in [-0.05, 0) is 25.1 Å². The molecule has 0 spiro atoms. The van der Waals surface area contributed by atoms with Crippen molar-refractivity contribution in [3.05, 3.63) is 46.2 Å². The van der Waals surface area contributed by atoms with E-state index in [0.29, 0.717) is 19.6 Å². The Morgan fingerprint density at radius 3 is 2.67 bits per heavy atom. The lowest BCUT2D eigenvalue weighted by Crippen LogP contribution is -1.98. The first-order chi connectivity index (χ1) is 10.3. The predicted octanol–water partition coefficient (Wildman–Crippen LogP) is 3.46. The van der Waals surface area contributed by atoms with Gasteiger partial charge < -0.3 is 14.6 Å². The Morgan fingerprint density at radius 1 is 1.19 bits per heavy atom. The Bertz CT molecular complexity index is 622. The molecule has 0 atom stereocenters. The highest BCUT2D eigenvalue weighted by Gasteiger charge is 2.05. The predicted molar refractivity (Wildman–Crippen MR) is 84.8 cm³/mol. The maximum atomic E-state index is 8.70. The van der Waals surface area contributed by atoms with Crippen molar-refractivity contribution in [2.24, 2.45) is 0 Å². The number of hydrogen-bond donors (Lipinski definition) is 1. The monoisotopic (exact) mass is 302 g/mol. The molecule has 0 bridgehead atoms. The van der Waals surface area contributed by atoms with Gasteiger partial charge in [0, 0.05) is 22.2 Å². The molecule has 110 valence electrons. The third-order valence-corrected chi connectivity index (χ3v) is 3.55. The van der Waals surface area contributed by atoms with Crippen LogP contribution in [0.2, 0.25) is 0 Å². The molecule has 21 heavy (non-hydrogen) atoms. The summed E-state index contributed by atoms with van der Waals surface area (Å²) in [6.07, 6.45) is 0.503. The third-order valence-electron chi connectivity index (χ3n) is 2.64. The summed E-state index contributed by atoms with van der Waals surface area (Å²) in [5.41, 5.74) is 0.963. The maximum absolute atomic E-state index is 8.70. The van der Waals surface area contributed by atoms with E-state index in [-0.39, 0.29) is 6.61 Å². The summed E-state index contributed by atoms with van der Waals surface area (Å²) < 4.78 is 11.3. The first kappa shape index (κ1) is 15.4. The Balaban J connectivity index is 1.96. The Kier molecular flexibility index (Phi) is 6.14. The highest BCUT2D eigenvalue weighted by Crippen LogP contribution is 2.28. The number of hydrogen-bond acceptors (Lipinski definition) is 4. The van der Waals surface area contributed by atoms with E-state index >= 15 is 0 Å². The smallest absolute Gasteiger partial charge is 0.161 e. The van der Waals surface area contributed by atoms with Gasteiger partial charge in [0.15, 0.2) is 11.5 Å². The van der Waals surface area contributed by atoms with Crippen LogP contribution in [0.4, 0.5) is 0 Å². The lowest BCUT2D eigenvalue weighted by atomic mass is 10.3. The quantitative estimate of drug-likeness (QED) is 0.831. The van der Waals surface area contributed by atoms with Gasteiger partial charge in [0.05, 0.1) is 13.2 Å². The van der Waals surface area contributed by atoms with E-state index in [1.165, 1.54) is 0 Å². The second kappa shape index (κ2) is 8.35. The Hall–Kier alpha value is -1.96. The molecule has 0 aliphatic carbocycles. The standard InChI is InChI=1S/C17H18O3S/c1-2-19-16-8-3-4-9-17(16)20-12-15-11-14(13-21-15)7-5-6-10-18/h3-4,8-9,11,13,18H,2,6,10,12H2,1H3. The van der Waals surface area contributed by atoms with Crippen molar-refractivity contribution in [1.29, 1.82) is 0 Å². The van der Waals surface area contributed by atoms with E-state index in [9.17, 15) is 0 Å². The molecule has 0 amide bonds. The summed E-state index contributed by atoms with van der Waals surface area (Å²) in [6, 6.07) is 9.67. The molecule has 3 nitrogen and oxygen atoms in total. The van der Waals surface area contributed by atoms with Gasteiger partial charge in [0.1, 0.15) is 6.61 Å². The number of aliphatic hydroxyl groups is 1. The molecule has 0 aliphatic rings. The van der Waals surface area contributed by atoms with E-state index in [1.54, 1.807) is 11.3 Å². The fraction of sp³-hybridized carbons (Fsp3) is 0.294. The van der Waals surface area contributed by atoms with Crippen LogP contribution in [0.3, 0.4) is 0 Å². The van der Waals surface area contributed by atoms with Crippen LogP contribution in [0.1, 0.15) is 23.8 Å². The summed E-state index contributed by atoms with van der Waals surface area (Å²) in [5, 5.41) is 10.7. The van der Waals surface area contributed by atoms with Crippen LogP contribution >= 0.6 is 11.3 Å². The summed E-state index contributed by atoms with van der Waals surface area (Å²) in [5.74, 6) is 7.44. The number of thiophene rings is 1. The van der Waals surface area contributed by atoms with E-state index in [1.807, 2.05) is 42.6 Å². The minimum Gasteiger partial charge on any atom is -0.490 e. The van der Waals surface area contributed by atoms with Crippen LogP contribution in [0, 0.1) is 11.8 Å². The summed E-state index contributed by atoms with van der Waals surface area (Å²) in [7, 11) is 0. The van der Waals surface area contributed by atoms with Crippen molar-refractivity contribution in [3.63, 3.8) is 0 Å². The molecule has 0 fully saturated rings. The first-order valence-corrected chi connectivity index (χ1v) is 7.73. The molecular formula is C17H18O3S. The van der Waals surface area contributed by atoms with Crippen molar-refractivity contribution >= 4 is 11.3 Å². The molecule has 1 aromatic heterocycles. The lowest BCUT2D eigenvalue weighted by Gasteiger charge is -2.10. The van der Waals surface area contributed by atoms with Gasteiger partial charge in [-0.15, -0.1) is 11.3 Å². The van der Waals surface area contributed by atoms with E-state index in [0.717, 1.165) is 21.9 Å². The minimum atomic E-state index is 0.0985. The fourth-order valence-electron chi connectivity index (χ4n) is 1.74. The van der Waals surface area contributed by atoms with Crippen molar-refractivity contribution in [3.8, 4) is 23.3 Å². The highest BCUT2D eigenvalue weighted by atomic mass is 32.1. The van der Waals surface area contributed by atoms with Gasteiger partial charge >= 0.3 is 0 Å². The molecule has 1 N–H and O–H groups in total.